The number of benzene rings is 1. The van der Waals surface area contributed by atoms with Crippen LogP contribution in [0.3, 0.4) is 0 Å². The van der Waals surface area contributed by atoms with Crippen molar-refractivity contribution in [3.63, 3.8) is 0 Å². The van der Waals surface area contributed by atoms with Gasteiger partial charge in [0.1, 0.15) is 23.8 Å². The molecule has 1 aliphatic heterocycles. The molecule has 6 N–H and O–H groups in total. The van der Waals surface area contributed by atoms with Gasteiger partial charge in [0.05, 0.1) is 17.9 Å². The highest BCUT2D eigenvalue weighted by molar-refractivity contribution is 6.00. The van der Waals surface area contributed by atoms with E-state index in [9.17, 15) is 43.8 Å². The fourth-order valence-electron chi connectivity index (χ4n) is 5.83. The molecule has 1 aliphatic rings. The summed E-state index contributed by atoms with van der Waals surface area (Å²) in [4.78, 5) is 92.5. The number of hydrogen-bond donors (Lipinski definition) is 6. The Kier molecular flexibility index (Phi) is 17.1. The lowest BCUT2D eigenvalue weighted by atomic mass is 9.95. The van der Waals surface area contributed by atoms with Gasteiger partial charge in [0.2, 0.25) is 23.6 Å². The Balaban J connectivity index is 2.53. The van der Waals surface area contributed by atoms with Crippen molar-refractivity contribution in [2.24, 2.45) is 23.7 Å². The number of carboxylic acids is 2. The molecule has 0 saturated carbocycles. The van der Waals surface area contributed by atoms with Crippen LogP contribution < -0.4 is 21.3 Å². The van der Waals surface area contributed by atoms with Crippen LogP contribution in [0.1, 0.15) is 73.3 Å². The zero-order chi connectivity index (χ0) is 40.0. The lowest BCUT2D eigenvalue weighted by molar-refractivity contribution is -0.146. The van der Waals surface area contributed by atoms with Gasteiger partial charge in [-0.2, -0.15) is 0 Å². The van der Waals surface area contributed by atoms with E-state index in [0.29, 0.717) is 0 Å². The van der Waals surface area contributed by atoms with E-state index in [1.54, 1.807) is 26.0 Å². The van der Waals surface area contributed by atoms with Crippen molar-refractivity contribution in [3.8, 4) is 0 Å². The zero-order valence-corrected chi connectivity index (χ0v) is 31.8. The van der Waals surface area contributed by atoms with Crippen molar-refractivity contribution in [1.29, 1.82) is 0 Å². The van der Waals surface area contributed by atoms with Gasteiger partial charge in [-0.1, -0.05) is 94.8 Å². The monoisotopic (exact) mass is 737 g/mol. The number of carbonyl (C=O) groups excluding carboxylic acids is 5. The van der Waals surface area contributed by atoms with Crippen molar-refractivity contribution in [2.45, 2.75) is 98.3 Å². The molecule has 0 aromatic heterocycles. The Morgan fingerprint density at radius 1 is 0.887 bits per heavy atom. The molecule has 1 aromatic carbocycles. The van der Waals surface area contributed by atoms with Crippen LogP contribution >= 0.6 is 0 Å². The van der Waals surface area contributed by atoms with Crippen molar-refractivity contribution >= 4 is 41.5 Å². The standard InChI is InChI=1S/C39H55N5O9/c1-9-30-36(48)43-33(39(52)53)26(7)35(47)42-32(22(2)3)37(49)40-28(18-16-24(5)21-23(4)15-17-27-13-11-10-12-14-27)25(6)34(46)41-29(38(50)51)19-20-31(45)44(30)8/h9-14,16,18,21-23,25-26,28-29,32-33H,15,17,19-20H2,1-8H3,(H,40,49)(H,41,46)(H,42,47)(H,43,48)(H,50,51)(H,52,53)/b18-16+,24-21+,30-9-/t23-,25-,26+,28+,29?,32+,33?/m1/s1. The van der Waals surface area contributed by atoms with Gasteiger partial charge in [-0.25, -0.2) is 9.59 Å². The van der Waals surface area contributed by atoms with Crippen LogP contribution in [0, 0.1) is 23.7 Å². The second-order valence-corrected chi connectivity index (χ2v) is 14.0. The van der Waals surface area contributed by atoms with Crippen LogP contribution in [-0.4, -0.2) is 87.8 Å². The number of amides is 5. The van der Waals surface area contributed by atoms with Gasteiger partial charge in [-0.05, 0) is 50.5 Å². The minimum Gasteiger partial charge on any atom is -0.480 e. The highest BCUT2D eigenvalue weighted by Gasteiger charge is 2.37. The van der Waals surface area contributed by atoms with Crippen LogP contribution in [0.25, 0.3) is 0 Å². The van der Waals surface area contributed by atoms with Gasteiger partial charge in [0.15, 0.2) is 0 Å². The van der Waals surface area contributed by atoms with E-state index in [1.165, 1.54) is 39.5 Å². The van der Waals surface area contributed by atoms with Gasteiger partial charge in [-0.3, -0.25) is 24.0 Å². The first-order chi connectivity index (χ1) is 24.9. The lowest BCUT2D eigenvalue weighted by Crippen LogP contribution is -2.57. The number of aryl methyl sites for hydroxylation is 1. The van der Waals surface area contributed by atoms with Crippen molar-refractivity contribution < 1.29 is 43.8 Å². The quantitative estimate of drug-likeness (QED) is 0.162. The SMILES string of the molecule is C/C=C1/C(=O)NC(C(=O)O)[C@H](C)C(=O)N[C@@H](C(C)C)C(=O)N[C@@H](/C=C/C(C)=C/[C@H](C)CCc2ccccc2)[C@@H](C)C(=O)NC(C(=O)O)CCC(=O)N1C. The third-order valence-corrected chi connectivity index (χ3v) is 9.32. The van der Waals surface area contributed by atoms with Crippen molar-refractivity contribution in [3.05, 3.63) is 71.5 Å². The Morgan fingerprint density at radius 2 is 1.51 bits per heavy atom. The molecule has 0 spiro atoms. The molecule has 1 fully saturated rings. The third-order valence-electron chi connectivity index (χ3n) is 9.32. The molecular formula is C39H55N5O9. The average molecular weight is 738 g/mol. The molecule has 14 nitrogen and oxygen atoms in total. The molecule has 1 heterocycles. The molecule has 0 aliphatic carbocycles. The van der Waals surface area contributed by atoms with E-state index in [-0.39, 0.29) is 18.0 Å². The third kappa shape index (κ3) is 13.3. The molecule has 1 aromatic rings. The summed E-state index contributed by atoms with van der Waals surface area (Å²) in [6.45, 7) is 11.6. The number of carboxylic acid groups (broad SMARTS) is 2. The maximum Gasteiger partial charge on any atom is 0.327 e. The molecule has 0 radical (unpaired) electrons. The number of rotatable bonds is 9. The van der Waals surface area contributed by atoms with E-state index in [0.717, 1.165) is 23.3 Å². The molecular weight excluding hydrogens is 682 g/mol. The summed E-state index contributed by atoms with van der Waals surface area (Å²) in [5, 5.41) is 30.1. The van der Waals surface area contributed by atoms with Gasteiger partial charge < -0.3 is 36.4 Å². The number of likely N-dealkylation sites (N-methyl/N-ethyl adjacent to an activating group) is 1. The number of nitrogens with zero attached hydrogens (tertiary/aromatic N) is 1. The molecule has 14 heteroatoms. The zero-order valence-electron chi connectivity index (χ0n) is 31.8. The second-order valence-electron chi connectivity index (χ2n) is 14.0. The lowest BCUT2D eigenvalue weighted by Gasteiger charge is -2.29. The van der Waals surface area contributed by atoms with Crippen LogP contribution in [0.15, 0.2) is 65.9 Å². The molecule has 290 valence electrons. The Morgan fingerprint density at radius 3 is 2.08 bits per heavy atom. The van der Waals surface area contributed by atoms with E-state index in [2.05, 4.69) is 46.4 Å². The summed E-state index contributed by atoms with van der Waals surface area (Å²) in [5.74, 6) is -9.43. The second kappa shape index (κ2) is 20.7. The maximum absolute atomic E-state index is 13.8. The fourth-order valence-corrected chi connectivity index (χ4v) is 5.83. The summed E-state index contributed by atoms with van der Waals surface area (Å²) in [5.41, 5.74) is 1.85. The van der Waals surface area contributed by atoms with Gasteiger partial charge in [0, 0.05) is 13.5 Å². The Hall–Kier alpha value is -5.27. The number of aliphatic carboxylic acids is 2. The van der Waals surface area contributed by atoms with Gasteiger partial charge in [0.25, 0.3) is 5.91 Å². The van der Waals surface area contributed by atoms with Crippen molar-refractivity contribution in [1.82, 2.24) is 26.2 Å². The first-order valence-corrected chi connectivity index (χ1v) is 17.9. The molecule has 53 heavy (non-hydrogen) atoms. The number of carbonyl (C=O) groups is 7. The molecule has 0 bridgehead atoms. The van der Waals surface area contributed by atoms with Crippen LogP contribution in [0.2, 0.25) is 0 Å². The summed E-state index contributed by atoms with van der Waals surface area (Å²) in [6, 6.07) is 4.71. The Labute approximate surface area is 311 Å². The van der Waals surface area contributed by atoms with Crippen molar-refractivity contribution in [2.75, 3.05) is 7.05 Å². The molecule has 2 unspecified atom stereocenters. The van der Waals surface area contributed by atoms with Crippen LogP contribution in [0.5, 0.6) is 0 Å². The summed E-state index contributed by atoms with van der Waals surface area (Å²) >= 11 is 0. The largest absolute Gasteiger partial charge is 0.480 e. The van der Waals surface area contributed by atoms with E-state index in [4.69, 9.17) is 0 Å². The Bertz CT molecular complexity index is 1590. The molecule has 7 atom stereocenters. The predicted molar refractivity (Wildman–Crippen MR) is 199 cm³/mol. The van der Waals surface area contributed by atoms with E-state index >= 15 is 0 Å². The number of nitrogens with one attached hydrogen (secondary N) is 4. The van der Waals surface area contributed by atoms with Gasteiger partial charge >= 0.3 is 11.9 Å². The van der Waals surface area contributed by atoms with Crippen LogP contribution in [-0.2, 0) is 40.0 Å². The van der Waals surface area contributed by atoms with Gasteiger partial charge in [-0.15, -0.1) is 0 Å². The summed E-state index contributed by atoms with van der Waals surface area (Å²) in [7, 11) is 1.27. The average Bonchev–Trinajstić information content (AvgIpc) is 3.10. The first kappa shape index (κ1) is 43.9. The molecule has 2 rings (SSSR count). The topological polar surface area (TPSA) is 211 Å². The van der Waals surface area contributed by atoms with Crippen LogP contribution in [0.4, 0.5) is 0 Å². The maximum atomic E-state index is 13.8. The highest BCUT2D eigenvalue weighted by atomic mass is 16.4. The normalized spacial score (nSPS) is 26.2. The highest BCUT2D eigenvalue weighted by Crippen LogP contribution is 2.17. The molecule has 5 amide bonds. The minimum absolute atomic E-state index is 0.202. The van der Waals surface area contributed by atoms with E-state index in [1.807, 2.05) is 25.1 Å². The molecule has 1 saturated heterocycles. The number of allylic oxidation sites excluding steroid dienone is 4. The predicted octanol–water partition coefficient (Wildman–Crippen LogP) is 2.95. The number of hydrogen-bond acceptors (Lipinski definition) is 7. The smallest absolute Gasteiger partial charge is 0.327 e. The van der Waals surface area contributed by atoms with E-state index < -0.39 is 89.8 Å². The first-order valence-electron chi connectivity index (χ1n) is 17.9. The fraction of sp³-hybridized carbons (Fsp3) is 0.513. The summed E-state index contributed by atoms with van der Waals surface area (Å²) in [6.07, 6.45) is 7.78. The minimum atomic E-state index is -1.74. The summed E-state index contributed by atoms with van der Waals surface area (Å²) < 4.78 is 0.